The summed E-state index contributed by atoms with van der Waals surface area (Å²) in [7, 11) is 4.20. The lowest BCUT2D eigenvalue weighted by Crippen LogP contribution is -2.25. The molecule has 0 saturated heterocycles. The molecule has 0 aliphatic rings. The second-order valence-electron chi connectivity index (χ2n) is 4.71. The number of benzene rings is 1. The molecule has 0 saturated carbocycles. The number of hydrogen-bond donors (Lipinski definition) is 1. The van der Waals surface area contributed by atoms with Crippen molar-refractivity contribution < 1.29 is 0 Å². The molecule has 0 radical (unpaired) electrons. The van der Waals surface area contributed by atoms with Gasteiger partial charge in [-0.2, -0.15) is 0 Å². The van der Waals surface area contributed by atoms with Crippen molar-refractivity contribution in [1.29, 1.82) is 0 Å². The highest BCUT2D eigenvalue weighted by molar-refractivity contribution is 6.31. The van der Waals surface area contributed by atoms with Gasteiger partial charge >= 0.3 is 0 Å². The number of nitrogens with zero attached hydrogens (tertiary/aromatic N) is 1. The molecule has 0 amide bonds. The highest BCUT2D eigenvalue weighted by Crippen LogP contribution is 2.23. The van der Waals surface area contributed by atoms with Crippen LogP contribution in [0.25, 0.3) is 0 Å². The van der Waals surface area contributed by atoms with Gasteiger partial charge in [0.1, 0.15) is 0 Å². The number of nitrogens with one attached hydrogen (secondary N) is 1. The van der Waals surface area contributed by atoms with Crippen molar-refractivity contribution in [3.05, 3.63) is 34.3 Å². The molecule has 0 aliphatic carbocycles. The van der Waals surface area contributed by atoms with Crippen LogP contribution in [0.1, 0.15) is 30.5 Å². The van der Waals surface area contributed by atoms with Crippen LogP contribution in [0.2, 0.25) is 5.02 Å². The van der Waals surface area contributed by atoms with Gasteiger partial charge in [-0.1, -0.05) is 30.7 Å². The molecule has 1 atom stereocenters. The van der Waals surface area contributed by atoms with Crippen LogP contribution in [0.15, 0.2) is 18.2 Å². The van der Waals surface area contributed by atoms with Gasteiger partial charge in [0.15, 0.2) is 0 Å². The van der Waals surface area contributed by atoms with Crippen molar-refractivity contribution in [1.82, 2.24) is 10.2 Å². The maximum Gasteiger partial charge on any atom is 0.0438 e. The summed E-state index contributed by atoms with van der Waals surface area (Å²) < 4.78 is 0. The maximum atomic E-state index is 6.18. The van der Waals surface area contributed by atoms with Gasteiger partial charge in [0, 0.05) is 11.1 Å². The Morgan fingerprint density at radius 2 is 2.06 bits per heavy atom. The third-order valence-electron chi connectivity index (χ3n) is 2.91. The fourth-order valence-electron chi connectivity index (χ4n) is 1.85. The zero-order valence-corrected chi connectivity index (χ0v) is 12.0. The van der Waals surface area contributed by atoms with Gasteiger partial charge in [0.25, 0.3) is 0 Å². The smallest absolute Gasteiger partial charge is 0.0438 e. The lowest BCUT2D eigenvalue weighted by molar-refractivity contribution is 0.363. The van der Waals surface area contributed by atoms with Crippen LogP contribution >= 0.6 is 11.6 Å². The molecule has 0 spiro atoms. The zero-order chi connectivity index (χ0) is 12.8. The molecular formula is C14H23ClN2. The first kappa shape index (κ1) is 14.5. The Kier molecular flexibility index (Phi) is 5.96. The molecule has 1 rings (SSSR count). The van der Waals surface area contributed by atoms with E-state index in [1.807, 2.05) is 6.92 Å². The zero-order valence-electron chi connectivity index (χ0n) is 11.3. The number of halogens is 1. The minimum atomic E-state index is 0.389. The van der Waals surface area contributed by atoms with Crippen molar-refractivity contribution in [2.75, 3.05) is 27.2 Å². The van der Waals surface area contributed by atoms with E-state index in [9.17, 15) is 0 Å². The standard InChI is InChI=1S/C14H23ClN2/c1-5-16-14(8-9-17(3)4)12-7-6-11(2)13(15)10-12/h6-7,10,14,16H,5,8-9H2,1-4H3. The largest absolute Gasteiger partial charge is 0.310 e. The van der Waals surface area contributed by atoms with Gasteiger partial charge in [-0.25, -0.2) is 0 Å². The first-order valence-corrected chi connectivity index (χ1v) is 6.56. The molecule has 1 aromatic rings. The van der Waals surface area contributed by atoms with Crippen LogP contribution < -0.4 is 5.32 Å². The molecule has 1 aromatic carbocycles. The van der Waals surface area contributed by atoms with E-state index in [0.29, 0.717) is 6.04 Å². The molecule has 1 N–H and O–H groups in total. The molecule has 0 aromatic heterocycles. The average Bonchev–Trinajstić information content (AvgIpc) is 2.28. The summed E-state index contributed by atoms with van der Waals surface area (Å²) in [6.45, 7) is 6.22. The van der Waals surface area contributed by atoms with E-state index in [1.165, 1.54) is 5.56 Å². The molecule has 0 aliphatic heterocycles. The quantitative estimate of drug-likeness (QED) is 0.839. The Labute approximate surface area is 110 Å². The van der Waals surface area contributed by atoms with Crippen molar-refractivity contribution in [3.63, 3.8) is 0 Å². The van der Waals surface area contributed by atoms with Gasteiger partial charge < -0.3 is 10.2 Å². The molecule has 3 heteroatoms. The van der Waals surface area contributed by atoms with E-state index < -0.39 is 0 Å². The van der Waals surface area contributed by atoms with Gasteiger partial charge in [-0.05, 0) is 57.7 Å². The molecule has 17 heavy (non-hydrogen) atoms. The molecular weight excluding hydrogens is 232 g/mol. The molecule has 0 heterocycles. The SMILES string of the molecule is CCNC(CCN(C)C)c1ccc(C)c(Cl)c1. The molecule has 2 nitrogen and oxygen atoms in total. The summed E-state index contributed by atoms with van der Waals surface area (Å²) in [5.41, 5.74) is 2.42. The van der Waals surface area contributed by atoms with Gasteiger partial charge in [0.05, 0.1) is 0 Å². The topological polar surface area (TPSA) is 15.3 Å². The van der Waals surface area contributed by atoms with Gasteiger partial charge in [-0.15, -0.1) is 0 Å². The fourth-order valence-corrected chi connectivity index (χ4v) is 2.04. The Morgan fingerprint density at radius 1 is 1.35 bits per heavy atom. The second kappa shape index (κ2) is 7.00. The summed E-state index contributed by atoms with van der Waals surface area (Å²) in [5, 5.41) is 4.37. The molecule has 0 bridgehead atoms. The van der Waals surface area contributed by atoms with Crippen LogP contribution in [0.4, 0.5) is 0 Å². The van der Waals surface area contributed by atoms with Crippen LogP contribution in [-0.4, -0.2) is 32.1 Å². The average molecular weight is 255 g/mol. The van der Waals surface area contributed by atoms with Crippen molar-refractivity contribution in [3.8, 4) is 0 Å². The second-order valence-corrected chi connectivity index (χ2v) is 5.12. The lowest BCUT2D eigenvalue weighted by atomic mass is 10.0. The van der Waals surface area contributed by atoms with Crippen LogP contribution in [-0.2, 0) is 0 Å². The summed E-state index contributed by atoms with van der Waals surface area (Å²) >= 11 is 6.18. The van der Waals surface area contributed by atoms with Crippen LogP contribution in [0.3, 0.4) is 0 Å². The number of aryl methyl sites for hydroxylation is 1. The lowest BCUT2D eigenvalue weighted by Gasteiger charge is -2.21. The summed E-state index contributed by atoms with van der Waals surface area (Å²) in [6, 6.07) is 6.74. The van der Waals surface area contributed by atoms with Crippen molar-refractivity contribution in [2.45, 2.75) is 26.3 Å². The minimum absolute atomic E-state index is 0.389. The molecule has 1 unspecified atom stereocenters. The van der Waals surface area contributed by atoms with Gasteiger partial charge in [0.2, 0.25) is 0 Å². The maximum absolute atomic E-state index is 6.18. The van der Waals surface area contributed by atoms with Crippen molar-refractivity contribution in [2.24, 2.45) is 0 Å². The Hall–Kier alpha value is -0.570. The summed E-state index contributed by atoms with van der Waals surface area (Å²) in [6.07, 6.45) is 1.10. The van der Waals surface area contributed by atoms with E-state index >= 15 is 0 Å². The third-order valence-corrected chi connectivity index (χ3v) is 3.32. The molecule has 0 fully saturated rings. The van der Waals surface area contributed by atoms with E-state index in [1.54, 1.807) is 0 Å². The van der Waals surface area contributed by atoms with Crippen LogP contribution in [0, 0.1) is 6.92 Å². The monoisotopic (exact) mass is 254 g/mol. The van der Waals surface area contributed by atoms with Gasteiger partial charge in [-0.3, -0.25) is 0 Å². The van der Waals surface area contributed by atoms with E-state index in [-0.39, 0.29) is 0 Å². The van der Waals surface area contributed by atoms with Crippen molar-refractivity contribution >= 4 is 11.6 Å². The first-order chi connectivity index (χ1) is 8.04. The highest BCUT2D eigenvalue weighted by Gasteiger charge is 2.11. The fraction of sp³-hybridized carbons (Fsp3) is 0.571. The predicted octanol–water partition coefficient (Wildman–Crippen LogP) is 3.25. The van der Waals surface area contributed by atoms with E-state index in [0.717, 1.165) is 30.1 Å². The number of hydrogen-bond acceptors (Lipinski definition) is 2. The summed E-state index contributed by atoms with van der Waals surface area (Å²) in [5.74, 6) is 0. The number of rotatable bonds is 6. The van der Waals surface area contributed by atoms with Crippen LogP contribution in [0.5, 0.6) is 0 Å². The Bertz CT molecular complexity index is 350. The summed E-state index contributed by atoms with van der Waals surface area (Å²) in [4.78, 5) is 2.21. The van der Waals surface area contributed by atoms with E-state index in [4.69, 9.17) is 11.6 Å². The predicted molar refractivity (Wildman–Crippen MR) is 75.8 cm³/mol. The Balaban J connectivity index is 2.77. The highest BCUT2D eigenvalue weighted by atomic mass is 35.5. The normalized spacial score (nSPS) is 13.1. The molecule has 96 valence electrons. The third kappa shape index (κ3) is 4.66. The first-order valence-electron chi connectivity index (χ1n) is 6.18. The minimum Gasteiger partial charge on any atom is -0.310 e. The Morgan fingerprint density at radius 3 is 2.59 bits per heavy atom. The van der Waals surface area contributed by atoms with E-state index in [2.05, 4.69) is 49.4 Å².